The number of rotatable bonds is 41. The lowest BCUT2D eigenvalue weighted by Gasteiger charge is -2.41. The highest BCUT2D eigenvalue weighted by Gasteiger charge is 2.45. The monoisotopic (exact) mass is 1940 g/mol. The molecule has 9 rings (SSSR count). The summed E-state index contributed by atoms with van der Waals surface area (Å²) >= 11 is 6.42. The van der Waals surface area contributed by atoms with E-state index in [9.17, 15) is 62.6 Å². The maximum atomic E-state index is 15.1. The van der Waals surface area contributed by atoms with Crippen LogP contribution in [0.3, 0.4) is 0 Å². The van der Waals surface area contributed by atoms with Crippen LogP contribution < -0.4 is 74.9 Å². The van der Waals surface area contributed by atoms with Crippen molar-refractivity contribution in [3.05, 3.63) is 124 Å². The molecule has 2 bridgehead atoms. The highest BCUT2D eigenvalue weighted by atomic mass is 35.5. The fourth-order valence-corrected chi connectivity index (χ4v) is 18.0. The third-order valence-corrected chi connectivity index (χ3v) is 25.8. The number of H-pyrrole nitrogens is 1. The van der Waals surface area contributed by atoms with Crippen LogP contribution in [0.25, 0.3) is 33.5 Å². The molecule has 2 saturated heterocycles. The molecular formula is C98H140ClFN20O18. The molecule has 4 aromatic carbocycles. The van der Waals surface area contributed by atoms with Gasteiger partial charge in [-0.1, -0.05) is 123 Å². The van der Waals surface area contributed by atoms with Crippen LogP contribution in [0.5, 0.6) is 0 Å². The van der Waals surface area contributed by atoms with Gasteiger partial charge in [0.25, 0.3) is 5.91 Å². The van der Waals surface area contributed by atoms with Crippen LogP contribution in [0, 0.1) is 42.3 Å². The normalized spacial score (nSPS) is 18.6. The van der Waals surface area contributed by atoms with E-state index in [-0.39, 0.29) is 137 Å². The third kappa shape index (κ3) is 30.4. The van der Waals surface area contributed by atoms with Gasteiger partial charge in [0, 0.05) is 140 Å². The van der Waals surface area contributed by atoms with Crippen LogP contribution in [0.2, 0.25) is 5.02 Å². The number of amides is 14. The van der Waals surface area contributed by atoms with Crippen molar-refractivity contribution in [2.24, 2.45) is 41.1 Å². The molecule has 2 fully saturated rings. The zero-order valence-corrected chi connectivity index (χ0v) is 82.5. The molecule has 2 aromatic heterocycles. The molecule has 3 aliphatic heterocycles. The quantitative estimate of drug-likeness (QED) is 0.0166. The number of methoxy groups -OCH3 is 2. The summed E-state index contributed by atoms with van der Waals surface area (Å²) in [7, 11) is 5.91. The van der Waals surface area contributed by atoms with Crippen LogP contribution >= 0.6 is 11.6 Å². The number of aliphatic hydroxyl groups is 1. The van der Waals surface area contributed by atoms with Gasteiger partial charge in [-0.05, 0) is 142 Å². The summed E-state index contributed by atoms with van der Waals surface area (Å²) < 4.78 is 38.9. The number of hydrogen-bond donors (Lipinski definition) is 15. The van der Waals surface area contributed by atoms with Gasteiger partial charge in [0.1, 0.15) is 54.3 Å². The van der Waals surface area contributed by atoms with Gasteiger partial charge in [-0.25, -0.2) is 23.9 Å². The van der Waals surface area contributed by atoms with E-state index in [4.69, 9.17) is 52.0 Å². The Hall–Kier alpha value is -12.2. The van der Waals surface area contributed by atoms with Crippen LogP contribution in [0.4, 0.5) is 31.2 Å². The van der Waals surface area contributed by atoms with Gasteiger partial charge in [-0.2, -0.15) is 0 Å². The Morgan fingerprint density at radius 2 is 1.46 bits per heavy atom. The molecule has 6 aromatic rings. The van der Waals surface area contributed by atoms with E-state index >= 15 is 9.18 Å². The van der Waals surface area contributed by atoms with Crippen LogP contribution in [-0.4, -0.2) is 272 Å². The number of halogens is 2. The number of fused-ring (bicyclic) bond motifs is 3. The Kier molecular flexibility index (Phi) is 41.7. The fraction of sp³-hybridized carbons (Fsp3) is 0.561. The predicted molar refractivity (Wildman–Crippen MR) is 521 cm³/mol. The number of nitrogens with one attached hydrogen (secondary N) is 12. The third-order valence-electron chi connectivity index (χ3n) is 25.6. The molecule has 5 heterocycles. The second-order valence-electron chi connectivity index (χ2n) is 36.9. The highest BCUT2D eigenvalue weighted by Crippen LogP contribution is 2.45. The molecule has 138 heavy (non-hydrogen) atoms. The van der Waals surface area contributed by atoms with Crippen molar-refractivity contribution in [1.29, 1.82) is 0 Å². The van der Waals surface area contributed by atoms with E-state index in [1.54, 1.807) is 116 Å². The lowest BCUT2D eigenvalue weighted by molar-refractivity contribution is -0.148. The molecule has 14 amide bonds. The number of pyridine rings is 1. The minimum Gasteiger partial charge on any atom is -0.445 e. The second kappa shape index (κ2) is 52.6. The van der Waals surface area contributed by atoms with Crippen molar-refractivity contribution < 1.29 is 90.8 Å². The van der Waals surface area contributed by atoms with E-state index in [1.807, 2.05) is 32.9 Å². The average Bonchev–Trinajstić information content (AvgIpc) is 1.73. The maximum Gasteiger partial charge on any atom is 0.410 e. The molecule has 0 saturated carbocycles. The van der Waals surface area contributed by atoms with Gasteiger partial charge in [0.15, 0.2) is 0 Å². The topological polar surface area (TPSA) is 518 Å². The van der Waals surface area contributed by atoms with Crippen molar-refractivity contribution in [1.82, 2.24) is 77.5 Å². The van der Waals surface area contributed by atoms with Crippen molar-refractivity contribution in [3.8, 4) is 22.5 Å². The van der Waals surface area contributed by atoms with Crippen molar-refractivity contribution in [2.45, 2.75) is 233 Å². The van der Waals surface area contributed by atoms with Gasteiger partial charge in [0.2, 0.25) is 59.1 Å². The molecule has 40 heteroatoms. The minimum atomic E-state index is -1.43. The molecule has 38 nitrogen and oxygen atoms in total. The lowest BCUT2D eigenvalue weighted by atomic mass is 9.89. The number of nitrogens with zero attached hydrogens (tertiary/aromatic N) is 6. The van der Waals surface area contributed by atoms with Crippen molar-refractivity contribution in [2.75, 3.05) is 109 Å². The number of likely N-dealkylation sites (N-methyl/N-ethyl adjacent to an activating group) is 2. The van der Waals surface area contributed by atoms with Crippen molar-refractivity contribution >= 4 is 117 Å². The average molecular weight is 1940 g/mol. The predicted octanol–water partition coefficient (Wildman–Crippen LogP) is 7.38. The Morgan fingerprint density at radius 3 is 2.12 bits per heavy atom. The molecule has 0 radical (unpaired) electrons. The summed E-state index contributed by atoms with van der Waals surface area (Å²) in [5.41, 5.74) is 17.2. The number of carbonyl (C=O) groups is 13. The smallest absolute Gasteiger partial charge is 0.410 e. The number of aromatic amines is 1. The molecule has 754 valence electrons. The van der Waals surface area contributed by atoms with Gasteiger partial charge < -0.3 is 114 Å². The number of imidazole rings is 1. The van der Waals surface area contributed by atoms with E-state index in [0.29, 0.717) is 102 Å². The number of anilines is 3. The molecule has 0 aliphatic carbocycles. The Labute approximate surface area is 810 Å². The van der Waals surface area contributed by atoms with Gasteiger partial charge >= 0.3 is 12.1 Å². The highest BCUT2D eigenvalue weighted by molar-refractivity contribution is 6.31. The summed E-state index contributed by atoms with van der Waals surface area (Å²) in [6.07, 6.45) is 0.110. The van der Waals surface area contributed by atoms with E-state index < -0.39 is 162 Å². The zero-order valence-electron chi connectivity index (χ0n) is 81.7. The standard InChI is InChI=1S/C98H140ClFN20O18/c1-16-58(9)84(75(135-14)51-79(124)120-41-21-25-74(120)87(136-15)59(10)90(126)109-60(11)86(125)61-22-18-17-19-23-61)117(12)96(132)82(55(4)5)116-95(131)83(56(6)7)118(13)98(134)138-53-62-26-28-67-50-68(62)91(127)106-40-38-103-76(121)31-30-72(93(129)115-81(54(2)3)94(130)114-71(92(128)110-67)24-20-36-107-97(102)133)111-78(123)35-45-137-44-34-77(122)104-37-39-105-88-80(89-112-70-29-27-64(99)49-73(70)113-89)85(119-42-32-66(101)33-43-119)69(52-108-88)63-46-57(8)47-65(100)48-63/h17-19,22-23,26-29,46-50,52,54-56,58-60,66,71-72,74-75,81-84,86-87,125H,16,20-21,24-25,30-45,51,53,101H2,1-15H3,(H,103,121)(H,104,122)(H,105,108)(H,106,127)(H,109,126)(H,110,128)(H,111,123)(H,112,113)(H,114,130)(H,115,129)(H,116,131)(H3,102,107,133)/t58-,59+,60+,71-,72-,74-,75+,81-,82-,83-,84-,86+,87+/m0/s1. The summed E-state index contributed by atoms with van der Waals surface area (Å²) in [6, 6.07) is 14.0. The number of primary amides is 1. The molecule has 13 atom stereocenters. The zero-order chi connectivity index (χ0) is 101. The Bertz CT molecular complexity index is 5180. The van der Waals surface area contributed by atoms with Gasteiger partial charge in [-0.15, -0.1) is 0 Å². The molecule has 0 spiro atoms. The first-order valence-corrected chi connectivity index (χ1v) is 47.9. The number of hydrogen-bond acceptors (Lipinski definition) is 23. The Morgan fingerprint density at radius 1 is 0.746 bits per heavy atom. The number of benzene rings is 4. The van der Waals surface area contributed by atoms with Crippen LogP contribution in [-0.2, 0) is 73.5 Å². The SMILES string of the molecule is CC[C@H](C)[C@@H]([C@@H](CC(=O)N1CCC[C@H]1[C@H](OC)[C@@H](C)C(=O)N[C@H](C)[C@@H](O)c1ccccc1)OC)N(C)C(=O)[C@@H](NC(=O)[C@H](C(C)C)N(C)C(=O)OCc1ccc2cc1C(=O)NCCNC(=O)CC[C@H](NC(=O)CCOCCC(=O)NCCNc1ncc(-c3cc(C)cc(F)c3)c(N3CCC(N)CC3)c1-c1nc3ccc(Cl)cc3[nH]1)C(=O)N[C@@H](C(C)C)C(=O)N[C@@H](CCCNC(N)=O)C(=O)N2)C(C)C. The number of aryl methyl sites for hydroxylation is 1. The van der Waals surface area contributed by atoms with Gasteiger partial charge in [-0.3, -0.25) is 57.6 Å². The number of likely N-dealkylation sites (tertiary alicyclic amines) is 1. The first-order chi connectivity index (χ1) is 65.7. The minimum absolute atomic E-state index is 0.00255. The first kappa shape index (κ1) is 109. The van der Waals surface area contributed by atoms with Gasteiger partial charge in [0.05, 0.1) is 84.3 Å². The molecular weight excluding hydrogens is 1800 g/mol. The number of aromatic nitrogens is 3. The van der Waals surface area contributed by atoms with Crippen molar-refractivity contribution in [3.63, 3.8) is 0 Å². The van der Waals surface area contributed by atoms with Crippen LogP contribution in [0.15, 0.2) is 91.1 Å². The largest absolute Gasteiger partial charge is 0.445 e. The Balaban J connectivity index is 0.813. The second-order valence-corrected chi connectivity index (χ2v) is 37.3. The van der Waals surface area contributed by atoms with E-state index in [1.165, 1.54) is 56.5 Å². The number of aliphatic hydroxyl groups excluding tert-OH is 1. The number of piperidine rings is 1. The molecule has 0 unspecified atom stereocenters. The number of ether oxygens (including phenoxy) is 4. The fourth-order valence-electron chi connectivity index (χ4n) is 17.8. The number of nitrogens with two attached hydrogens (primary N) is 2. The van der Waals surface area contributed by atoms with E-state index in [0.717, 1.165) is 16.2 Å². The first-order valence-electron chi connectivity index (χ1n) is 47.5. The summed E-state index contributed by atoms with van der Waals surface area (Å²) in [5, 5.41) is 42.4. The lowest BCUT2D eigenvalue weighted by Crippen LogP contribution is -2.60. The summed E-state index contributed by atoms with van der Waals surface area (Å²) in [5.74, 6) is -8.92. The maximum absolute atomic E-state index is 15.1. The molecule has 17 N–H and O–H groups in total. The van der Waals surface area contributed by atoms with Crippen LogP contribution in [0.1, 0.15) is 179 Å². The summed E-state index contributed by atoms with van der Waals surface area (Å²) in [6.45, 7) is 20.0. The molecule has 3 aliphatic rings. The number of urea groups is 1. The summed E-state index contributed by atoms with van der Waals surface area (Å²) in [4.78, 5) is 203. The van der Waals surface area contributed by atoms with E-state index in [2.05, 4.69) is 68.4 Å². The number of carbonyl (C=O) groups excluding carboxylic acids is 13.